The summed E-state index contributed by atoms with van der Waals surface area (Å²) in [6.45, 7) is -0.130. The molecule has 2 atom stereocenters. The summed E-state index contributed by atoms with van der Waals surface area (Å²) in [6, 6.07) is 12.3. The highest BCUT2D eigenvalue weighted by atomic mass is 19.1. The van der Waals surface area contributed by atoms with E-state index in [1.165, 1.54) is 24.3 Å². The summed E-state index contributed by atoms with van der Waals surface area (Å²) in [7, 11) is 0. The number of esters is 1. The highest BCUT2D eigenvalue weighted by molar-refractivity contribution is 5.95. The molecular formula is C19H18FNO5. The Balaban J connectivity index is 1.46. The SMILES string of the molecule is O=C1O[C@H](C(=O)NC[C@@H](O)COc2ccc(F)cc2)Cc2ccccc21. The molecule has 3 rings (SSSR count). The van der Waals surface area contributed by atoms with E-state index in [4.69, 9.17) is 9.47 Å². The van der Waals surface area contributed by atoms with E-state index in [1.54, 1.807) is 24.3 Å². The molecular weight excluding hydrogens is 341 g/mol. The molecule has 1 aliphatic heterocycles. The average molecular weight is 359 g/mol. The zero-order valence-corrected chi connectivity index (χ0v) is 13.9. The topological polar surface area (TPSA) is 84.9 Å². The zero-order valence-electron chi connectivity index (χ0n) is 13.9. The van der Waals surface area contributed by atoms with Crippen LogP contribution in [0.3, 0.4) is 0 Å². The number of carbonyl (C=O) groups is 2. The minimum Gasteiger partial charge on any atom is -0.491 e. The van der Waals surface area contributed by atoms with Crippen LogP contribution in [0.25, 0.3) is 0 Å². The van der Waals surface area contributed by atoms with Crippen molar-refractivity contribution in [2.45, 2.75) is 18.6 Å². The first-order chi connectivity index (χ1) is 12.5. The van der Waals surface area contributed by atoms with Crippen LogP contribution in [0, 0.1) is 5.82 Å². The summed E-state index contributed by atoms with van der Waals surface area (Å²) in [5.74, 6) is -0.982. The minimum absolute atomic E-state index is 0.0598. The molecule has 136 valence electrons. The number of carbonyl (C=O) groups excluding carboxylic acids is 2. The molecule has 0 fully saturated rings. The van der Waals surface area contributed by atoms with Gasteiger partial charge in [0.1, 0.15) is 24.3 Å². The first-order valence-electron chi connectivity index (χ1n) is 8.16. The fourth-order valence-corrected chi connectivity index (χ4v) is 2.59. The molecule has 1 amide bonds. The Labute approximate surface area is 149 Å². The van der Waals surface area contributed by atoms with Gasteiger partial charge in [-0.3, -0.25) is 4.79 Å². The standard InChI is InChI=1S/C19H18FNO5/c20-13-5-7-15(8-6-13)25-11-14(22)10-21-18(23)17-9-12-3-1-2-4-16(12)19(24)26-17/h1-8,14,17,22H,9-11H2,(H,21,23)/t14-,17+/m1/s1. The third-order valence-electron chi connectivity index (χ3n) is 3.95. The maximum Gasteiger partial charge on any atom is 0.339 e. The van der Waals surface area contributed by atoms with Gasteiger partial charge in [0.25, 0.3) is 5.91 Å². The van der Waals surface area contributed by atoms with Crippen LogP contribution in [0.15, 0.2) is 48.5 Å². The molecule has 1 heterocycles. The number of hydrogen-bond donors (Lipinski definition) is 2. The summed E-state index contributed by atoms with van der Waals surface area (Å²) in [5, 5.41) is 12.4. The van der Waals surface area contributed by atoms with Gasteiger partial charge in [-0.15, -0.1) is 0 Å². The molecule has 0 aromatic heterocycles. The van der Waals surface area contributed by atoms with Crippen molar-refractivity contribution in [1.29, 1.82) is 0 Å². The van der Waals surface area contributed by atoms with E-state index in [1.807, 2.05) is 0 Å². The van der Waals surface area contributed by atoms with Gasteiger partial charge in [0, 0.05) is 13.0 Å². The highest BCUT2D eigenvalue weighted by Crippen LogP contribution is 2.20. The Kier molecular flexibility index (Phi) is 5.48. The van der Waals surface area contributed by atoms with E-state index < -0.39 is 24.1 Å². The van der Waals surface area contributed by atoms with Gasteiger partial charge in [-0.05, 0) is 35.9 Å². The third kappa shape index (κ3) is 4.37. The van der Waals surface area contributed by atoms with Gasteiger partial charge in [-0.25, -0.2) is 9.18 Å². The third-order valence-corrected chi connectivity index (χ3v) is 3.95. The molecule has 0 unspecified atom stereocenters. The fourth-order valence-electron chi connectivity index (χ4n) is 2.59. The molecule has 0 spiro atoms. The summed E-state index contributed by atoms with van der Waals surface area (Å²) >= 11 is 0. The summed E-state index contributed by atoms with van der Waals surface area (Å²) < 4.78 is 23.3. The number of ether oxygens (including phenoxy) is 2. The number of aliphatic hydroxyl groups excluding tert-OH is 1. The summed E-state index contributed by atoms with van der Waals surface area (Å²) in [5.41, 5.74) is 1.22. The van der Waals surface area contributed by atoms with Crippen LogP contribution < -0.4 is 10.1 Å². The van der Waals surface area contributed by atoms with Crippen LogP contribution in [0.4, 0.5) is 4.39 Å². The van der Waals surface area contributed by atoms with Crippen molar-refractivity contribution in [3.05, 3.63) is 65.5 Å². The van der Waals surface area contributed by atoms with Crippen LogP contribution in [-0.4, -0.2) is 42.3 Å². The lowest BCUT2D eigenvalue weighted by Crippen LogP contribution is -2.45. The number of fused-ring (bicyclic) bond motifs is 1. The molecule has 0 saturated carbocycles. The number of aliphatic hydroxyl groups is 1. The molecule has 26 heavy (non-hydrogen) atoms. The number of halogens is 1. The zero-order chi connectivity index (χ0) is 18.5. The predicted octanol–water partition coefficient (Wildman–Crippen LogP) is 1.46. The molecule has 0 bridgehead atoms. The summed E-state index contributed by atoms with van der Waals surface area (Å²) in [4.78, 5) is 24.1. The Morgan fingerprint density at radius 2 is 2.00 bits per heavy atom. The Morgan fingerprint density at radius 3 is 2.77 bits per heavy atom. The molecule has 0 aliphatic carbocycles. The van der Waals surface area contributed by atoms with Crippen LogP contribution in [0.5, 0.6) is 5.75 Å². The lowest BCUT2D eigenvalue weighted by Gasteiger charge is -2.24. The second kappa shape index (κ2) is 7.97. The van der Waals surface area contributed by atoms with Gasteiger partial charge in [0.05, 0.1) is 5.56 Å². The van der Waals surface area contributed by atoms with E-state index in [2.05, 4.69) is 5.32 Å². The van der Waals surface area contributed by atoms with Gasteiger partial charge in [-0.1, -0.05) is 18.2 Å². The van der Waals surface area contributed by atoms with E-state index in [9.17, 15) is 19.1 Å². The number of benzene rings is 2. The molecule has 2 aromatic rings. The van der Waals surface area contributed by atoms with Crippen molar-refractivity contribution < 1.29 is 28.6 Å². The second-order valence-corrected chi connectivity index (χ2v) is 5.92. The molecule has 2 aromatic carbocycles. The number of hydrogen-bond acceptors (Lipinski definition) is 5. The molecule has 0 saturated heterocycles. The highest BCUT2D eigenvalue weighted by Gasteiger charge is 2.31. The van der Waals surface area contributed by atoms with Gasteiger partial charge >= 0.3 is 5.97 Å². The molecule has 7 heteroatoms. The van der Waals surface area contributed by atoms with Crippen LogP contribution in [-0.2, 0) is 16.0 Å². The van der Waals surface area contributed by atoms with Crippen LogP contribution in [0.2, 0.25) is 0 Å². The number of nitrogens with one attached hydrogen (secondary N) is 1. The van der Waals surface area contributed by atoms with Crippen molar-refractivity contribution in [3.63, 3.8) is 0 Å². The number of amides is 1. The normalized spacial score (nSPS) is 17.0. The lowest BCUT2D eigenvalue weighted by atomic mass is 9.98. The van der Waals surface area contributed by atoms with Crippen molar-refractivity contribution >= 4 is 11.9 Å². The van der Waals surface area contributed by atoms with Crippen molar-refractivity contribution in [2.24, 2.45) is 0 Å². The maximum atomic E-state index is 12.8. The van der Waals surface area contributed by atoms with Crippen molar-refractivity contribution in [2.75, 3.05) is 13.2 Å². The largest absolute Gasteiger partial charge is 0.491 e. The average Bonchev–Trinajstić information content (AvgIpc) is 2.65. The van der Waals surface area contributed by atoms with Crippen LogP contribution >= 0.6 is 0 Å². The first-order valence-corrected chi connectivity index (χ1v) is 8.16. The number of cyclic esters (lactones) is 1. The van der Waals surface area contributed by atoms with Gasteiger partial charge in [-0.2, -0.15) is 0 Å². The van der Waals surface area contributed by atoms with Gasteiger partial charge < -0.3 is 19.9 Å². The Hall–Kier alpha value is -2.93. The van der Waals surface area contributed by atoms with Crippen molar-refractivity contribution in [3.8, 4) is 5.75 Å². The molecule has 0 radical (unpaired) electrons. The Morgan fingerprint density at radius 1 is 1.27 bits per heavy atom. The van der Waals surface area contributed by atoms with Crippen molar-refractivity contribution in [1.82, 2.24) is 5.32 Å². The Bertz CT molecular complexity index is 793. The monoisotopic (exact) mass is 359 g/mol. The van der Waals surface area contributed by atoms with E-state index in [0.717, 1.165) is 5.56 Å². The molecule has 1 aliphatic rings. The summed E-state index contributed by atoms with van der Waals surface area (Å²) in [6.07, 6.45) is -1.60. The second-order valence-electron chi connectivity index (χ2n) is 5.92. The van der Waals surface area contributed by atoms with Crippen LogP contribution in [0.1, 0.15) is 15.9 Å². The maximum absolute atomic E-state index is 12.8. The lowest BCUT2D eigenvalue weighted by molar-refractivity contribution is -0.130. The molecule has 2 N–H and O–H groups in total. The fraction of sp³-hybridized carbons (Fsp3) is 0.263. The minimum atomic E-state index is -0.962. The molecule has 6 nitrogen and oxygen atoms in total. The first kappa shape index (κ1) is 17.9. The van der Waals surface area contributed by atoms with E-state index in [-0.39, 0.29) is 25.4 Å². The predicted molar refractivity (Wildman–Crippen MR) is 90.3 cm³/mol. The van der Waals surface area contributed by atoms with E-state index >= 15 is 0 Å². The smallest absolute Gasteiger partial charge is 0.339 e. The number of rotatable bonds is 6. The quantitative estimate of drug-likeness (QED) is 0.763. The van der Waals surface area contributed by atoms with E-state index in [0.29, 0.717) is 11.3 Å². The van der Waals surface area contributed by atoms with Gasteiger partial charge in [0.15, 0.2) is 6.10 Å². The van der Waals surface area contributed by atoms with Gasteiger partial charge in [0.2, 0.25) is 0 Å².